The van der Waals surface area contributed by atoms with Crippen LogP contribution in [0.15, 0.2) is 0 Å². The maximum Gasteiger partial charge on any atom is 0.236 e. The fourth-order valence-corrected chi connectivity index (χ4v) is 2.36. The highest BCUT2D eigenvalue weighted by Gasteiger charge is 2.19. The minimum Gasteiger partial charge on any atom is -0.339 e. The summed E-state index contributed by atoms with van der Waals surface area (Å²) in [6, 6.07) is 0.358. The van der Waals surface area contributed by atoms with Gasteiger partial charge in [-0.05, 0) is 27.1 Å². The molecule has 1 aliphatic rings. The number of likely N-dealkylation sites (N-methyl/N-ethyl adjacent to an activating group) is 2. The van der Waals surface area contributed by atoms with E-state index in [1.54, 1.807) is 0 Å². The average molecular weight is 270 g/mol. The van der Waals surface area contributed by atoms with Gasteiger partial charge in [-0.15, -0.1) is 0 Å². The molecule has 5 heteroatoms. The van der Waals surface area contributed by atoms with Crippen molar-refractivity contribution >= 4 is 5.91 Å². The molecule has 0 radical (unpaired) electrons. The zero-order valence-electron chi connectivity index (χ0n) is 13.0. The standard InChI is InChI=1S/C14H30N4O/c1-5-17(6-2)12-13(3)15-11-14(19)18-9-7-16(4)8-10-18/h13,15H,5-12H2,1-4H3. The van der Waals surface area contributed by atoms with Crippen LogP contribution in [0.1, 0.15) is 20.8 Å². The Morgan fingerprint density at radius 2 is 1.79 bits per heavy atom. The van der Waals surface area contributed by atoms with E-state index in [0.29, 0.717) is 12.6 Å². The van der Waals surface area contributed by atoms with Gasteiger partial charge in [0, 0.05) is 38.8 Å². The Bertz CT molecular complexity index is 260. The van der Waals surface area contributed by atoms with Gasteiger partial charge in [-0.3, -0.25) is 4.79 Å². The van der Waals surface area contributed by atoms with E-state index < -0.39 is 0 Å². The molecule has 1 N–H and O–H groups in total. The van der Waals surface area contributed by atoms with Crippen molar-refractivity contribution in [3.8, 4) is 0 Å². The maximum absolute atomic E-state index is 12.1. The normalized spacial score (nSPS) is 18.9. The average Bonchev–Trinajstić information content (AvgIpc) is 2.43. The number of carbonyl (C=O) groups is 1. The van der Waals surface area contributed by atoms with Crippen LogP contribution in [0, 0.1) is 0 Å². The summed E-state index contributed by atoms with van der Waals surface area (Å²) in [7, 11) is 2.10. The zero-order chi connectivity index (χ0) is 14.3. The second-order valence-corrected chi connectivity index (χ2v) is 5.45. The molecule has 1 heterocycles. The Balaban J connectivity index is 2.22. The molecule has 112 valence electrons. The van der Waals surface area contributed by atoms with Crippen molar-refractivity contribution in [2.45, 2.75) is 26.8 Å². The fraction of sp³-hybridized carbons (Fsp3) is 0.929. The first-order chi connectivity index (χ1) is 9.06. The smallest absolute Gasteiger partial charge is 0.236 e. The van der Waals surface area contributed by atoms with Gasteiger partial charge in [0.25, 0.3) is 0 Å². The van der Waals surface area contributed by atoms with E-state index in [-0.39, 0.29) is 5.91 Å². The molecule has 0 spiro atoms. The molecular weight excluding hydrogens is 240 g/mol. The summed E-state index contributed by atoms with van der Waals surface area (Å²) in [6.07, 6.45) is 0. The molecule has 0 saturated carbocycles. The van der Waals surface area contributed by atoms with E-state index in [2.05, 4.69) is 42.9 Å². The lowest BCUT2D eigenvalue weighted by atomic mass is 10.3. The van der Waals surface area contributed by atoms with Crippen LogP contribution in [0.5, 0.6) is 0 Å². The van der Waals surface area contributed by atoms with E-state index >= 15 is 0 Å². The fourth-order valence-electron chi connectivity index (χ4n) is 2.36. The second-order valence-electron chi connectivity index (χ2n) is 5.45. The van der Waals surface area contributed by atoms with Gasteiger partial charge in [0.2, 0.25) is 5.91 Å². The summed E-state index contributed by atoms with van der Waals surface area (Å²) in [5.41, 5.74) is 0. The van der Waals surface area contributed by atoms with Crippen molar-refractivity contribution in [2.75, 3.05) is 59.4 Å². The van der Waals surface area contributed by atoms with Gasteiger partial charge in [-0.2, -0.15) is 0 Å². The lowest BCUT2D eigenvalue weighted by Gasteiger charge is -2.33. The zero-order valence-corrected chi connectivity index (χ0v) is 13.0. The minimum atomic E-state index is 0.236. The molecule has 0 aromatic rings. The molecule has 0 aromatic heterocycles. The number of piperazine rings is 1. The third kappa shape index (κ3) is 5.89. The quantitative estimate of drug-likeness (QED) is 0.711. The van der Waals surface area contributed by atoms with Crippen molar-refractivity contribution < 1.29 is 4.79 Å². The topological polar surface area (TPSA) is 38.8 Å². The number of carbonyl (C=O) groups excluding carboxylic acids is 1. The van der Waals surface area contributed by atoms with Crippen molar-refractivity contribution in [1.29, 1.82) is 0 Å². The summed E-state index contributed by atoms with van der Waals surface area (Å²) in [4.78, 5) is 18.7. The largest absolute Gasteiger partial charge is 0.339 e. The van der Waals surface area contributed by atoms with Gasteiger partial charge in [-0.25, -0.2) is 0 Å². The van der Waals surface area contributed by atoms with Crippen LogP contribution < -0.4 is 5.32 Å². The second kappa shape index (κ2) is 8.51. The number of hydrogen-bond acceptors (Lipinski definition) is 4. The highest BCUT2D eigenvalue weighted by molar-refractivity contribution is 5.78. The molecule has 1 unspecified atom stereocenters. The molecule has 1 aliphatic heterocycles. The van der Waals surface area contributed by atoms with Crippen molar-refractivity contribution in [1.82, 2.24) is 20.0 Å². The van der Waals surface area contributed by atoms with Crippen LogP contribution in [0.3, 0.4) is 0 Å². The number of nitrogens with one attached hydrogen (secondary N) is 1. The summed E-state index contributed by atoms with van der Waals surface area (Å²) in [5, 5.41) is 3.34. The van der Waals surface area contributed by atoms with Gasteiger partial charge in [-0.1, -0.05) is 13.8 Å². The number of nitrogens with zero attached hydrogens (tertiary/aromatic N) is 3. The van der Waals surface area contributed by atoms with Gasteiger partial charge in [0.05, 0.1) is 6.54 Å². The van der Waals surface area contributed by atoms with E-state index in [1.807, 2.05) is 4.90 Å². The molecule has 1 amide bonds. The van der Waals surface area contributed by atoms with Crippen molar-refractivity contribution in [3.05, 3.63) is 0 Å². The lowest BCUT2D eigenvalue weighted by Crippen LogP contribution is -2.51. The Morgan fingerprint density at radius 3 is 2.32 bits per heavy atom. The Morgan fingerprint density at radius 1 is 1.21 bits per heavy atom. The van der Waals surface area contributed by atoms with Crippen LogP contribution in [-0.4, -0.2) is 86.1 Å². The van der Waals surface area contributed by atoms with Gasteiger partial charge in [0.1, 0.15) is 0 Å². The molecule has 1 rings (SSSR count). The lowest BCUT2D eigenvalue weighted by molar-refractivity contribution is -0.131. The first kappa shape index (κ1) is 16.4. The van der Waals surface area contributed by atoms with Crippen LogP contribution in [-0.2, 0) is 4.79 Å². The molecule has 0 aliphatic carbocycles. The third-order valence-electron chi connectivity index (χ3n) is 3.88. The maximum atomic E-state index is 12.1. The number of rotatable bonds is 7. The first-order valence-corrected chi connectivity index (χ1v) is 7.48. The monoisotopic (exact) mass is 270 g/mol. The van der Waals surface area contributed by atoms with Crippen LogP contribution >= 0.6 is 0 Å². The van der Waals surface area contributed by atoms with E-state index in [9.17, 15) is 4.79 Å². The predicted molar refractivity (Wildman–Crippen MR) is 79.3 cm³/mol. The Hall–Kier alpha value is -0.650. The molecular formula is C14H30N4O. The molecule has 0 aromatic carbocycles. The first-order valence-electron chi connectivity index (χ1n) is 7.48. The molecule has 0 bridgehead atoms. The predicted octanol–water partition coefficient (Wildman–Crippen LogP) is 0.0803. The highest BCUT2D eigenvalue weighted by Crippen LogP contribution is 1.99. The van der Waals surface area contributed by atoms with Gasteiger partial charge in [0.15, 0.2) is 0 Å². The summed E-state index contributed by atoms with van der Waals surface area (Å²) in [5.74, 6) is 0.236. The molecule has 1 saturated heterocycles. The van der Waals surface area contributed by atoms with Crippen molar-refractivity contribution in [2.24, 2.45) is 0 Å². The Kier molecular flexibility index (Phi) is 7.34. The summed E-state index contributed by atoms with van der Waals surface area (Å²) >= 11 is 0. The van der Waals surface area contributed by atoms with Gasteiger partial charge < -0.3 is 20.0 Å². The molecule has 1 fully saturated rings. The van der Waals surface area contributed by atoms with E-state index in [1.165, 1.54) is 0 Å². The van der Waals surface area contributed by atoms with Crippen LogP contribution in [0.4, 0.5) is 0 Å². The van der Waals surface area contributed by atoms with E-state index in [4.69, 9.17) is 0 Å². The van der Waals surface area contributed by atoms with Crippen molar-refractivity contribution in [3.63, 3.8) is 0 Å². The van der Waals surface area contributed by atoms with Gasteiger partial charge >= 0.3 is 0 Å². The van der Waals surface area contributed by atoms with Crippen LogP contribution in [0.2, 0.25) is 0 Å². The SMILES string of the molecule is CCN(CC)CC(C)NCC(=O)N1CCN(C)CC1. The third-order valence-corrected chi connectivity index (χ3v) is 3.88. The van der Waals surface area contributed by atoms with Crippen LogP contribution in [0.25, 0.3) is 0 Å². The molecule has 5 nitrogen and oxygen atoms in total. The highest BCUT2D eigenvalue weighted by atomic mass is 16.2. The molecule has 1 atom stereocenters. The summed E-state index contributed by atoms with van der Waals surface area (Å²) in [6.45, 7) is 13.8. The number of amides is 1. The van der Waals surface area contributed by atoms with E-state index in [0.717, 1.165) is 45.8 Å². The Labute approximate surface area is 117 Å². The number of hydrogen-bond donors (Lipinski definition) is 1. The minimum absolute atomic E-state index is 0.236. The molecule has 19 heavy (non-hydrogen) atoms. The summed E-state index contributed by atoms with van der Waals surface area (Å²) < 4.78 is 0.